The maximum atomic E-state index is 12.9. The summed E-state index contributed by atoms with van der Waals surface area (Å²) in [6, 6.07) is 2.46. The molecular formula is C8H6F3N3. The first-order valence-electron chi connectivity index (χ1n) is 3.67. The molecule has 0 saturated heterocycles. The summed E-state index contributed by atoms with van der Waals surface area (Å²) in [5.74, 6) is -1.20. The van der Waals surface area contributed by atoms with Gasteiger partial charge in [0.25, 0.3) is 6.43 Å². The highest BCUT2D eigenvalue weighted by atomic mass is 19.3. The van der Waals surface area contributed by atoms with Crippen molar-refractivity contribution in [1.82, 2.24) is 4.98 Å². The molecule has 74 valence electrons. The second kappa shape index (κ2) is 4.07. The summed E-state index contributed by atoms with van der Waals surface area (Å²) in [5.41, 5.74) is 4.13. The van der Waals surface area contributed by atoms with E-state index in [0.717, 1.165) is 6.07 Å². The highest BCUT2D eigenvalue weighted by molar-refractivity contribution is 5.37. The molecular weight excluding hydrogens is 195 g/mol. The Kier molecular flexibility index (Phi) is 3.04. The molecule has 1 rings (SSSR count). The molecule has 0 aromatic carbocycles. The minimum absolute atomic E-state index is 0.0373. The first-order chi connectivity index (χ1) is 6.60. The third-order valence-electron chi connectivity index (χ3n) is 1.63. The van der Waals surface area contributed by atoms with E-state index in [1.807, 2.05) is 0 Å². The van der Waals surface area contributed by atoms with E-state index in [1.54, 1.807) is 0 Å². The van der Waals surface area contributed by atoms with Gasteiger partial charge in [-0.3, -0.25) is 0 Å². The zero-order valence-electron chi connectivity index (χ0n) is 6.97. The molecule has 1 heterocycles. The Balaban J connectivity index is 3.33. The summed E-state index contributed by atoms with van der Waals surface area (Å²) >= 11 is 0. The van der Waals surface area contributed by atoms with Crippen LogP contribution in [0.15, 0.2) is 6.07 Å². The lowest BCUT2D eigenvalue weighted by Gasteiger charge is -2.04. The third kappa shape index (κ3) is 1.83. The van der Waals surface area contributed by atoms with Crippen molar-refractivity contribution in [3.63, 3.8) is 0 Å². The Labute approximate surface area is 78.0 Å². The molecule has 0 amide bonds. The number of nitrogens with zero attached hydrogens (tertiary/aromatic N) is 2. The SMILES string of the molecule is N#Cc1c(CN)cc(C(F)F)nc1F. The number of pyridine rings is 1. The van der Waals surface area contributed by atoms with Crippen molar-refractivity contribution in [3.8, 4) is 6.07 Å². The van der Waals surface area contributed by atoms with Crippen molar-refractivity contribution in [2.75, 3.05) is 0 Å². The van der Waals surface area contributed by atoms with Crippen molar-refractivity contribution in [3.05, 3.63) is 28.8 Å². The molecule has 0 aliphatic rings. The fraction of sp³-hybridized carbons (Fsp3) is 0.250. The molecule has 0 bridgehead atoms. The molecule has 0 unspecified atom stereocenters. The van der Waals surface area contributed by atoms with Crippen molar-refractivity contribution in [2.24, 2.45) is 5.73 Å². The highest BCUT2D eigenvalue weighted by Crippen LogP contribution is 2.20. The summed E-state index contributed by atoms with van der Waals surface area (Å²) in [5, 5.41) is 8.49. The zero-order valence-corrected chi connectivity index (χ0v) is 6.97. The molecule has 3 nitrogen and oxygen atoms in total. The standard InChI is InChI=1S/C8H6F3N3/c9-7(10)6-1-4(2-12)5(3-13)8(11)14-6/h1,7H,2,12H2. The van der Waals surface area contributed by atoms with Crippen molar-refractivity contribution >= 4 is 0 Å². The lowest BCUT2D eigenvalue weighted by molar-refractivity contribution is 0.144. The Hall–Kier alpha value is -1.61. The lowest BCUT2D eigenvalue weighted by Crippen LogP contribution is -2.06. The normalized spacial score (nSPS) is 10.3. The average molecular weight is 201 g/mol. The Morgan fingerprint density at radius 1 is 1.57 bits per heavy atom. The van der Waals surface area contributed by atoms with Gasteiger partial charge in [-0.2, -0.15) is 9.65 Å². The third-order valence-corrected chi connectivity index (χ3v) is 1.63. The smallest absolute Gasteiger partial charge is 0.280 e. The molecule has 6 heteroatoms. The van der Waals surface area contributed by atoms with Crippen LogP contribution in [-0.4, -0.2) is 4.98 Å². The molecule has 14 heavy (non-hydrogen) atoms. The second-order valence-corrected chi connectivity index (χ2v) is 2.49. The summed E-state index contributed by atoms with van der Waals surface area (Å²) in [6.07, 6.45) is -2.87. The molecule has 0 atom stereocenters. The molecule has 0 aliphatic heterocycles. The number of nitrogens with two attached hydrogens (primary N) is 1. The number of alkyl halides is 2. The quantitative estimate of drug-likeness (QED) is 0.737. The average Bonchev–Trinajstić information content (AvgIpc) is 2.16. The maximum Gasteiger partial charge on any atom is 0.280 e. The van der Waals surface area contributed by atoms with Gasteiger partial charge in [-0.25, -0.2) is 13.8 Å². The van der Waals surface area contributed by atoms with Gasteiger partial charge in [0.05, 0.1) is 0 Å². The topological polar surface area (TPSA) is 62.7 Å². The Morgan fingerprint density at radius 3 is 2.64 bits per heavy atom. The minimum atomic E-state index is -2.87. The van der Waals surface area contributed by atoms with Crippen LogP contribution in [0.2, 0.25) is 0 Å². The van der Waals surface area contributed by atoms with E-state index >= 15 is 0 Å². The van der Waals surface area contributed by atoms with E-state index < -0.39 is 18.1 Å². The molecule has 0 fully saturated rings. The summed E-state index contributed by atoms with van der Waals surface area (Å²) < 4.78 is 37.2. The summed E-state index contributed by atoms with van der Waals surface area (Å²) in [4.78, 5) is 2.96. The fourth-order valence-electron chi connectivity index (χ4n) is 0.975. The highest BCUT2D eigenvalue weighted by Gasteiger charge is 2.16. The van der Waals surface area contributed by atoms with Crippen LogP contribution >= 0.6 is 0 Å². The summed E-state index contributed by atoms with van der Waals surface area (Å²) in [6.45, 7) is -0.179. The van der Waals surface area contributed by atoms with E-state index in [-0.39, 0.29) is 17.7 Å². The van der Waals surface area contributed by atoms with Gasteiger partial charge in [0.2, 0.25) is 5.95 Å². The van der Waals surface area contributed by atoms with Gasteiger partial charge in [0.15, 0.2) is 0 Å². The number of rotatable bonds is 2. The van der Waals surface area contributed by atoms with Crippen molar-refractivity contribution < 1.29 is 13.2 Å². The first-order valence-corrected chi connectivity index (χ1v) is 3.67. The number of halogens is 3. The molecule has 0 aliphatic carbocycles. The molecule has 0 saturated carbocycles. The predicted molar refractivity (Wildman–Crippen MR) is 41.8 cm³/mol. The largest absolute Gasteiger partial charge is 0.326 e. The van der Waals surface area contributed by atoms with E-state index in [9.17, 15) is 13.2 Å². The van der Waals surface area contributed by atoms with E-state index in [4.69, 9.17) is 11.0 Å². The molecule has 1 aromatic heterocycles. The van der Waals surface area contributed by atoms with Gasteiger partial charge in [0, 0.05) is 6.54 Å². The molecule has 1 aromatic rings. The van der Waals surface area contributed by atoms with Gasteiger partial charge in [0.1, 0.15) is 17.3 Å². The predicted octanol–water partition coefficient (Wildman–Crippen LogP) is 1.49. The van der Waals surface area contributed by atoms with Crippen LogP contribution in [0.25, 0.3) is 0 Å². The van der Waals surface area contributed by atoms with Crippen LogP contribution < -0.4 is 5.73 Å². The van der Waals surface area contributed by atoms with E-state index in [1.165, 1.54) is 6.07 Å². The van der Waals surface area contributed by atoms with Crippen LogP contribution in [0.4, 0.5) is 13.2 Å². The van der Waals surface area contributed by atoms with Crippen LogP contribution in [0.3, 0.4) is 0 Å². The van der Waals surface area contributed by atoms with Crippen LogP contribution in [0, 0.1) is 17.3 Å². The monoisotopic (exact) mass is 201 g/mol. The molecule has 0 spiro atoms. The van der Waals surface area contributed by atoms with Crippen molar-refractivity contribution in [2.45, 2.75) is 13.0 Å². The number of hydrogen-bond acceptors (Lipinski definition) is 3. The van der Waals surface area contributed by atoms with Crippen LogP contribution in [0.1, 0.15) is 23.2 Å². The first kappa shape index (κ1) is 10.5. The molecule has 2 N–H and O–H groups in total. The van der Waals surface area contributed by atoms with Gasteiger partial charge < -0.3 is 5.73 Å². The van der Waals surface area contributed by atoms with Crippen LogP contribution in [0.5, 0.6) is 0 Å². The van der Waals surface area contributed by atoms with Gasteiger partial charge >= 0.3 is 0 Å². The van der Waals surface area contributed by atoms with Crippen molar-refractivity contribution in [1.29, 1.82) is 5.26 Å². The van der Waals surface area contributed by atoms with Crippen LogP contribution in [-0.2, 0) is 6.54 Å². The zero-order chi connectivity index (χ0) is 10.7. The number of hydrogen-bond donors (Lipinski definition) is 1. The van der Waals surface area contributed by atoms with E-state index in [0.29, 0.717) is 0 Å². The number of nitriles is 1. The Morgan fingerprint density at radius 2 is 2.21 bits per heavy atom. The second-order valence-electron chi connectivity index (χ2n) is 2.49. The number of aromatic nitrogens is 1. The molecule has 0 radical (unpaired) electrons. The Bertz CT molecular complexity index is 384. The minimum Gasteiger partial charge on any atom is -0.326 e. The summed E-state index contributed by atoms with van der Waals surface area (Å²) in [7, 11) is 0. The maximum absolute atomic E-state index is 12.9. The lowest BCUT2D eigenvalue weighted by atomic mass is 10.1. The van der Waals surface area contributed by atoms with Gasteiger partial charge in [-0.15, -0.1) is 0 Å². The van der Waals surface area contributed by atoms with Gasteiger partial charge in [-0.1, -0.05) is 0 Å². The van der Waals surface area contributed by atoms with Gasteiger partial charge in [-0.05, 0) is 11.6 Å². The van der Waals surface area contributed by atoms with E-state index in [2.05, 4.69) is 4.98 Å². The fourth-order valence-corrected chi connectivity index (χ4v) is 0.975.